The summed E-state index contributed by atoms with van der Waals surface area (Å²) in [5.41, 5.74) is 6.64. The number of carbonyl (C=O) groups excluding carboxylic acids is 3. The molecule has 2 aromatic carbocycles. The Morgan fingerprint density at radius 1 is 0.692 bits per heavy atom. The van der Waals surface area contributed by atoms with Crippen LogP contribution in [0.15, 0.2) is 48.5 Å². The first-order valence-corrected chi connectivity index (χ1v) is 8.57. The van der Waals surface area contributed by atoms with E-state index in [1.165, 1.54) is 12.1 Å². The van der Waals surface area contributed by atoms with E-state index in [-0.39, 0.29) is 11.8 Å². The molecule has 0 aliphatic carbocycles. The first kappa shape index (κ1) is 17.9. The molecule has 0 radical (unpaired) electrons. The van der Waals surface area contributed by atoms with Crippen LogP contribution >= 0.6 is 11.6 Å². The average molecular weight is 372 g/mol. The van der Waals surface area contributed by atoms with Gasteiger partial charge < -0.3 is 15.5 Å². The van der Waals surface area contributed by atoms with Gasteiger partial charge in [-0.3, -0.25) is 14.4 Å². The molecule has 26 heavy (non-hydrogen) atoms. The Bertz CT molecular complexity index is 826. The van der Waals surface area contributed by atoms with Crippen LogP contribution in [0.2, 0.25) is 5.02 Å². The Morgan fingerprint density at radius 3 is 1.42 bits per heavy atom. The second-order valence-electron chi connectivity index (χ2n) is 6.03. The molecular formula is C19H18ClN3O3. The zero-order chi connectivity index (χ0) is 18.7. The van der Waals surface area contributed by atoms with Crippen LogP contribution in [0.1, 0.15) is 31.1 Å². The lowest BCUT2D eigenvalue weighted by atomic mass is 10.1. The molecule has 0 atom stereocenters. The van der Waals surface area contributed by atoms with Crippen molar-refractivity contribution in [3.05, 3.63) is 70.2 Å². The third kappa shape index (κ3) is 3.86. The number of rotatable bonds is 3. The van der Waals surface area contributed by atoms with Crippen LogP contribution in [0.4, 0.5) is 0 Å². The maximum absolute atomic E-state index is 12.6. The molecule has 1 aliphatic rings. The van der Waals surface area contributed by atoms with Crippen molar-refractivity contribution in [2.24, 2.45) is 5.73 Å². The first-order valence-electron chi connectivity index (χ1n) is 8.19. The van der Waals surface area contributed by atoms with Gasteiger partial charge in [0.25, 0.3) is 11.8 Å². The number of nitrogens with zero attached hydrogens (tertiary/aromatic N) is 2. The van der Waals surface area contributed by atoms with Gasteiger partial charge in [0.15, 0.2) is 0 Å². The van der Waals surface area contributed by atoms with Gasteiger partial charge in [-0.25, -0.2) is 0 Å². The molecule has 1 heterocycles. The number of primary amides is 1. The van der Waals surface area contributed by atoms with Crippen LogP contribution in [-0.4, -0.2) is 53.7 Å². The Hall–Kier alpha value is -2.86. The van der Waals surface area contributed by atoms with Gasteiger partial charge >= 0.3 is 0 Å². The molecule has 2 N–H and O–H groups in total. The maximum atomic E-state index is 12.6. The molecule has 134 valence electrons. The fourth-order valence-electron chi connectivity index (χ4n) is 2.85. The molecule has 2 aromatic rings. The van der Waals surface area contributed by atoms with E-state index in [0.717, 1.165) is 0 Å². The van der Waals surface area contributed by atoms with E-state index in [9.17, 15) is 14.4 Å². The summed E-state index contributed by atoms with van der Waals surface area (Å²) in [5.74, 6) is -0.725. The molecular weight excluding hydrogens is 354 g/mol. The molecule has 1 aliphatic heterocycles. The van der Waals surface area contributed by atoms with E-state index in [4.69, 9.17) is 17.3 Å². The normalized spacial score (nSPS) is 14.2. The minimum absolute atomic E-state index is 0.0698. The monoisotopic (exact) mass is 371 g/mol. The average Bonchev–Trinajstić information content (AvgIpc) is 2.67. The van der Waals surface area contributed by atoms with Gasteiger partial charge in [0.1, 0.15) is 0 Å². The number of halogens is 1. The molecule has 0 saturated carbocycles. The predicted molar refractivity (Wildman–Crippen MR) is 98.2 cm³/mol. The molecule has 3 amide bonds. The number of hydrogen-bond acceptors (Lipinski definition) is 3. The molecule has 0 unspecified atom stereocenters. The lowest BCUT2D eigenvalue weighted by Crippen LogP contribution is -2.50. The highest BCUT2D eigenvalue weighted by atomic mass is 35.5. The van der Waals surface area contributed by atoms with E-state index >= 15 is 0 Å². The van der Waals surface area contributed by atoms with Crippen molar-refractivity contribution in [1.82, 2.24) is 9.80 Å². The fraction of sp³-hybridized carbons (Fsp3) is 0.211. The summed E-state index contributed by atoms with van der Waals surface area (Å²) >= 11 is 5.85. The van der Waals surface area contributed by atoms with E-state index in [1.54, 1.807) is 46.2 Å². The van der Waals surface area contributed by atoms with Gasteiger partial charge in [-0.1, -0.05) is 11.6 Å². The van der Waals surface area contributed by atoms with Crippen molar-refractivity contribution in [2.45, 2.75) is 0 Å². The summed E-state index contributed by atoms with van der Waals surface area (Å²) in [6, 6.07) is 13.0. The highest BCUT2D eigenvalue weighted by molar-refractivity contribution is 6.30. The zero-order valence-electron chi connectivity index (χ0n) is 14.0. The van der Waals surface area contributed by atoms with Crippen LogP contribution in [0.3, 0.4) is 0 Å². The predicted octanol–water partition coefficient (Wildman–Crippen LogP) is 2.04. The van der Waals surface area contributed by atoms with E-state index < -0.39 is 5.91 Å². The Kier molecular flexibility index (Phi) is 5.23. The number of piperazine rings is 1. The fourth-order valence-corrected chi connectivity index (χ4v) is 2.97. The van der Waals surface area contributed by atoms with Crippen LogP contribution in [0, 0.1) is 0 Å². The minimum atomic E-state index is -0.529. The third-order valence-corrected chi connectivity index (χ3v) is 4.61. The van der Waals surface area contributed by atoms with Gasteiger partial charge in [0, 0.05) is 47.9 Å². The van der Waals surface area contributed by atoms with Gasteiger partial charge in [-0.05, 0) is 48.5 Å². The van der Waals surface area contributed by atoms with Crippen molar-refractivity contribution in [2.75, 3.05) is 26.2 Å². The van der Waals surface area contributed by atoms with Gasteiger partial charge in [-0.2, -0.15) is 0 Å². The summed E-state index contributed by atoms with van der Waals surface area (Å²) in [5, 5.41) is 0.583. The second-order valence-corrected chi connectivity index (χ2v) is 6.47. The molecule has 0 aromatic heterocycles. The Morgan fingerprint density at radius 2 is 1.04 bits per heavy atom. The summed E-state index contributed by atoms with van der Waals surface area (Å²) < 4.78 is 0. The van der Waals surface area contributed by atoms with Crippen LogP contribution in [-0.2, 0) is 0 Å². The quantitative estimate of drug-likeness (QED) is 0.896. The number of carbonyl (C=O) groups is 3. The summed E-state index contributed by atoms with van der Waals surface area (Å²) in [7, 11) is 0. The number of benzene rings is 2. The largest absolute Gasteiger partial charge is 0.366 e. The molecule has 3 rings (SSSR count). The molecule has 0 bridgehead atoms. The highest BCUT2D eigenvalue weighted by Crippen LogP contribution is 2.15. The van der Waals surface area contributed by atoms with Crippen molar-refractivity contribution in [1.29, 1.82) is 0 Å². The third-order valence-electron chi connectivity index (χ3n) is 4.36. The highest BCUT2D eigenvalue weighted by Gasteiger charge is 2.25. The van der Waals surface area contributed by atoms with Gasteiger partial charge in [0.05, 0.1) is 0 Å². The smallest absolute Gasteiger partial charge is 0.253 e. The number of hydrogen-bond donors (Lipinski definition) is 1. The summed E-state index contributed by atoms with van der Waals surface area (Å²) in [6.07, 6.45) is 0. The minimum Gasteiger partial charge on any atom is -0.366 e. The van der Waals surface area contributed by atoms with Crippen molar-refractivity contribution >= 4 is 29.3 Å². The summed E-state index contributed by atoms with van der Waals surface area (Å²) in [6.45, 7) is 1.84. The maximum Gasteiger partial charge on any atom is 0.253 e. The lowest BCUT2D eigenvalue weighted by molar-refractivity contribution is 0.0535. The van der Waals surface area contributed by atoms with Crippen LogP contribution in [0.25, 0.3) is 0 Å². The van der Waals surface area contributed by atoms with Crippen molar-refractivity contribution in [3.63, 3.8) is 0 Å². The van der Waals surface area contributed by atoms with E-state index in [1.807, 2.05) is 0 Å². The lowest BCUT2D eigenvalue weighted by Gasteiger charge is -2.35. The standard InChI is InChI=1S/C19H18ClN3O3/c20-16-7-5-15(6-8-16)19(26)23-11-9-22(10-12-23)18(25)14-3-1-13(2-4-14)17(21)24/h1-8H,9-12H2,(H2,21,24). The first-order chi connectivity index (χ1) is 12.5. The molecule has 6 nitrogen and oxygen atoms in total. The molecule has 1 saturated heterocycles. The number of amides is 3. The zero-order valence-corrected chi connectivity index (χ0v) is 14.8. The summed E-state index contributed by atoms with van der Waals surface area (Å²) in [4.78, 5) is 39.6. The van der Waals surface area contributed by atoms with Gasteiger partial charge in [0.2, 0.25) is 5.91 Å². The Balaban J connectivity index is 1.60. The van der Waals surface area contributed by atoms with E-state index in [0.29, 0.717) is 47.9 Å². The van der Waals surface area contributed by atoms with Crippen LogP contribution < -0.4 is 5.73 Å². The Labute approximate surface area is 156 Å². The SMILES string of the molecule is NC(=O)c1ccc(C(=O)N2CCN(C(=O)c3ccc(Cl)cc3)CC2)cc1. The van der Waals surface area contributed by atoms with Crippen molar-refractivity contribution in [3.8, 4) is 0 Å². The van der Waals surface area contributed by atoms with E-state index in [2.05, 4.69) is 0 Å². The van der Waals surface area contributed by atoms with Gasteiger partial charge in [-0.15, -0.1) is 0 Å². The molecule has 0 spiro atoms. The second kappa shape index (κ2) is 7.58. The molecule has 1 fully saturated rings. The van der Waals surface area contributed by atoms with Crippen LogP contribution in [0.5, 0.6) is 0 Å². The molecule has 7 heteroatoms. The number of nitrogens with two attached hydrogens (primary N) is 1. The topological polar surface area (TPSA) is 83.7 Å². The van der Waals surface area contributed by atoms with Crippen molar-refractivity contribution < 1.29 is 14.4 Å².